The molecule has 1 heterocycles. The number of nitriles is 1. The van der Waals surface area contributed by atoms with Crippen molar-refractivity contribution in [1.29, 1.82) is 5.26 Å². The van der Waals surface area contributed by atoms with Crippen molar-refractivity contribution in [1.82, 2.24) is 15.2 Å². The lowest BCUT2D eigenvalue weighted by Gasteiger charge is -2.37. The molecule has 0 aliphatic carbocycles. The number of anilines is 1. The molecule has 0 saturated carbocycles. The number of carbonyl (C=O) groups excluding carboxylic acids is 1. The first-order valence-corrected chi connectivity index (χ1v) is 18.7. The number of aromatic nitrogens is 3. The minimum atomic E-state index is -1.19. The highest BCUT2D eigenvalue weighted by molar-refractivity contribution is 5.99. The summed E-state index contributed by atoms with van der Waals surface area (Å²) in [5.74, 6) is 0.0774. The van der Waals surface area contributed by atoms with E-state index >= 15 is 4.39 Å². The number of hydrogen-bond acceptors (Lipinski definition) is 7. The number of benzene rings is 6. The second-order valence-corrected chi connectivity index (χ2v) is 13.7. The highest BCUT2D eigenvalue weighted by Gasteiger charge is 2.44. The summed E-state index contributed by atoms with van der Waals surface area (Å²) in [5, 5.41) is 21.1. The zero-order chi connectivity index (χ0) is 39.9. The number of carbonyl (C=O) groups is 1. The topological polar surface area (TPSA) is 139 Å². The zero-order valence-electron chi connectivity index (χ0n) is 31.7. The van der Waals surface area contributed by atoms with Gasteiger partial charge in [-0.2, -0.15) is 10.4 Å². The number of hydrogen-bond donors (Lipinski definition) is 3. The van der Waals surface area contributed by atoms with Gasteiger partial charge in [0.25, 0.3) is 0 Å². The molecule has 0 aliphatic rings. The molecule has 4 N–H and O–H groups in total. The van der Waals surface area contributed by atoms with Crippen LogP contribution in [-0.4, -0.2) is 33.8 Å². The van der Waals surface area contributed by atoms with Gasteiger partial charge in [0, 0.05) is 22.9 Å². The SMILES string of the molecule is CCOc1cc(OC(C)C)c(F)c(C(Nc2ccc(C#N)cc2)c2ccccc2C(c2ccccc2)(c2ccccc2)c2nc(-c3ccccc3C(N)=O)n[nH]2)c1. The molecular formula is C47H41FN6O3. The highest BCUT2D eigenvalue weighted by Crippen LogP contribution is 2.48. The second-order valence-electron chi connectivity index (χ2n) is 13.7. The molecule has 1 unspecified atom stereocenters. The van der Waals surface area contributed by atoms with Gasteiger partial charge < -0.3 is 20.5 Å². The van der Waals surface area contributed by atoms with Gasteiger partial charge in [0.1, 0.15) is 17.0 Å². The van der Waals surface area contributed by atoms with Crippen molar-refractivity contribution < 1.29 is 18.7 Å². The van der Waals surface area contributed by atoms with E-state index in [0.29, 0.717) is 40.6 Å². The number of rotatable bonds is 14. The Hall–Kier alpha value is -7.25. The van der Waals surface area contributed by atoms with Crippen molar-refractivity contribution in [3.63, 3.8) is 0 Å². The van der Waals surface area contributed by atoms with Gasteiger partial charge >= 0.3 is 0 Å². The maximum absolute atomic E-state index is 17.2. The number of ether oxygens (including phenoxy) is 2. The summed E-state index contributed by atoms with van der Waals surface area (Å²) in [6.45, 7) is 5.91. The number of nitrogens with one attached hydrogen (secondary N) is 2. The number of halogens is 1. The minimum absolute atomic E-state index is 0.0560. The van der Waals surface area contributed by atoms with Crippen LogP contribution in [0.5, 0.6) is 11.5 Å². The molecule has 0 radical (unpaired) electrons. The molecule has 1 atom stereocenters. The summed E-state index contributed by atoms with van der Waals surface area (Å²) in [5.41, 5.74) is 9.94. The van der Waals surface area contributed by atoms with Crippen LogP contribution in [0.25, 0.3) is 11.4 Å². The van der Waals surface area contributed by atoms with Gasteiger partial charge in [-0.1, -0.05) is 103 Å². The molecule has 0 spiro atoms. The summed E-state index contributed by atoms with van der Waals surface area (Å²) in [6, 6.07) is 46.2. The smallest absolute Gasteiger partial charge is 0.249 e. The fourth-order valence-electron chi connectivity index (χ4n) is 7.31. The molecule has 0 bridgehead atoms. The molecule has 0 fully saturated rings. The average molecular weight is 757 g/mol. The van der Waals surface area contributed by atoms with Gasteiger partial charge in [0.05, 0.1) is 35.9 Å². The van der Waals surface area contributed by atoms with E-state index in [4.69, 9.17) is 25.3 Å². The molecular weight excluding hydrogens is 716 g/mol. The summed E-state index contributed by atoms with van der Waals surface area (Å²) in [7, 11) is 0. The maximum atomic E-state index is 17.2. The fraction of sp³-hybridized carbons (Fsp3) is 0.149. The van der Waals surface area contributed by atoms with Crippen LogP contribution in [0.3, 0.4) is 0 Å². The number of aromatic amines is 1. The first-order valence-electron chi connectivity index (χ1n) is 18.7. The first-order chi connectivity index (χ1) is 27.7. The van der Waals surface area contributed by atoms with Crippen LogP contribution in [-0.2, 0) is 5.41 Å². The van der Waals surface area contributed by atoms with Crippen LogP contribution in [0.1, 0.15) is 76.4 Å². The zero-order valence-corrected chi connectivity index (χ0v) is 31.7. The van der Waals surface area contributed by atoms with Crippen LogP contribution >= 0.6 is 0 Å². The molecule has 0 aliphatic heterocycles. The lowest BCUT2D eigenvalue weighted by atomic mass is 9.66. The van der Waals surface area contributed by atoms with Crippen LogP contribution in [0, 0.1) is 17.1 Å². The van der Waals surface area contributed by atoms with Crippen molar-refractivity contribution in [3.8, 4) is 29.0 Å². The Balaban J connectivity index is 1.56. The van der Waals surface area contributed by atoms with Crippen molar-refractivity contribution in [2.45, 2.75) is 38.3 Å². The Labute approximate surface area is 331 Å². The molecule has 10 heteroatoms. The molecule has 57 heavy (non-hydrogen) atoms. The summed E-state index contributed by atoms with van der Waals surface area (Å²) >= 11 is 0. The Bertz CT molecular complexity index is 2490. The van der Waals surface area contributed by atoms with Gasteiger partial charge in [0.15, 0.2) is 17.4 Å². The third-order valence-corrected chi connectivity index (χ3v) is 9.71. The molecule has 9 nitrogen and oxygen atoms in total. The summed E-state index contributed by atoms with van der Waals surface area (Å²) < 4.78 is 29.2. The minimum Gasteiger partial charge on any atom is -0.494 e. The lowest BCUT2D eigenvalue weighted by Crippen LogP contribution is -2.35. The number of nitrogens with zero attached hydrogens (tertiary/aromatic N) is 3. The Morgan fingerprint density at radius 2 is 1.49 bits per heavy atom. The van der Waals surface area contributed by atoms with E-state index in [0.717, 1.165) is 16.7 Å². The maximum Gasteiger partial charge on any atom is 0.249 e. The van der Waals surface area contributed by atoms with E-state index in [9.17, 15) is 10.1 Å². The molecule has 6 aromatic carbocycles. The number of primary amides is 1. The largest absolute Gasteiger partial charge is 0.494 e. The molecule has 1 amide bonds. The summed E-state index contributed by atoms with van der Waals surface area (Å²) in [6.07, 6.45) is -0.314. The van der Waals surface area contributed by atoms with Gasteiger partial charge in [-0.05, 0) is 79.4 Å². The van der Waals surface area contributed by atoms with Crippen LogP contribution in [0.15, 0.2) is 146 Å². The van der Waals surface area contributed by atoms with E-state index in [1.807, 2.05) is 106 Å². The number of nitrogens with two attached hydrogens (primary N) is 1. The highest BCUT2D eigenvalue weighted by atomic mass is 19.1. The lowest BCUT2D eigenvalue weighted by molar-refractivity contribution is 0.100. The van der Waals surface area contributed by atoms with E-state index in [-0.39, 0.29) is 28.8 Å². The quantitative estimate of drug-likeness (QED) is 0.0940. The third-order valence-electron chi connectivity index (χ3n) is 9.71. The van der Waals surface area contributed by atoms with Crippen LogP contribution < -0.4 is 20.5 Å². The number of amides is 1. The summed E-state index contributed by atoms with van der Waals surface area (Å²) in [4.78, 5) is 17.7. The predicted molar refractivity (Wildman–Crippen MR) is 219 cm³/mol. The fourth-order valence-corrected chi connectivity index (χ4v) is 7.31. The van der Waals surface area contributed by atoms with Gasteiger partial charge in [0.2, 0.25) is 5.91 Å². The van der Waals surface area contributed by atoms with Crippen molar-refractivity contribution in [2.24, 2.45) is 5.73 Å². The van der Waals surface area contributed by atoms with Gasteiger partial charge in [-0.15, -0.1) is 0 Å². The predicted octanol–water partition coefficient (Wildman–Crippen LogP) is 9.35. The van der Waals surface area contributed by atoms with Crippen LogP contribution in [0.2, 0.25) is 0 Å². The molecule has 284 valence electrons. The van der Waals surface area contributed by atoms with Crippen molar-refractivity contribution >= 4 is 11.6 Å². The van der Waals surface area contributed by atoms with Crippen LogP contribution in [0.4, 0.5) is 10.1 Å². The molecule has 1 aromatic heterocycles. The Morgan fingerprint density at radius 3 is 2.12 bits per heavy atom. The van der Waals surface area contributed by atoms with E-state index in [2.05, 4.69) is 16.5 Å². The molecule has 7 aromatic rings. The second kappa shape index (κ2) is 16.6. The van der Waals surface area contributed by atoms with Gasteiger partial charge in [-0.3, -0.25) is 9.89 Å². The van der Waals surface area contributed by atoms with E-state index in [1.54, 1.807) is 60.7 Å². The van der Waals surface area contributed by atoms with Gasteiger partial charge in [-0.25, -0.2) is 9.37 Å². The number of H-pyrrole nitrogens is 1. The van der Waals surface area contributed by atoms with E-state index in [1.165, 1.54) is 0 Å². The standard InChI is InChI=1S/C47H41FN6O3/c1-4-56-35-27-39(42(48)41(28-35)57-30(2)3)43(51-34-25-23-31(29-49)24-26-34)38-21-13-14-22-40(38)47(32-15-7-5-8-16-32,33-17-9-6-10-18-33)46-52-45(53-54-46)37-20-12-11-19-36(37)44(50)55/h5-28,30,43,51H,4H2,1-3H3,(H2,50,55)(H,52,53,54). The first kappa shape index (κ1) is 38.0. The monoisotopic (exact) mass is 756 g/mol. The van der Waals surface area contributed by atoms with Crippen molar-refractivity contribution in [3.05, 3.63) is 196 Å². The average Bonchev–Trinajstić information content (AvgIpc) is 3.73. The third kappa shape index (κ3) is 7.56. The van der Waals surface area contributed by atoms with Crippen molar-refractivity contribution in [2.75, 3.05) is 11.9 Å². The Morgan fingerprint density at radius 1 is 0.860 bits per heavy atom. The molecule has 0 saturated heterocycles. The van der Waals surface area contributed by atoms with E-state index < -0.39 is 23.2 Å². The Kier molecular flexibility index (Phi) is 11.1. The molecule has 7 rings (SSSR count). The normalized spacial score (nSPS) is 11.8.